The monoisotopic (exact) mass is 417 g/mol. The second-order valence-electron chi connectivity index (χ2n) is 6.95. The van der Waals surface area contributed by atoms with Crippen molar-refractivity contribution in [3.8, 4) is 0 Å². The Kier molecular flexibility index (Phi) is 5.32. The Morgan fingerprint density at radius 1 is 1.39 bits per heavy atom. The normalized spacial score (nSPS) is 17.1. The predicted octanol–water partition coefficient (Wildman–Crippen LogP) is 2.65. The van der Waals surface area contributed by atoms with Gasteiger partial charge in [0.1, 0.15) is 0 Å². The van der Waals surface area contributed by atoms with Crippen LogP contribution < -0.4 is 15.8 Å². The van der Waals surface area contributed by atoms with E-state index in [0.717, 1.165) is 30.1 Å². The van der Waals surface area contributed by atoms with Crippen LogP contribution in [0.5, 0.6) is 0 Å². The van der Waals surface area contributed by atoms with Gasteiger partial charge in [-0.2, -0.15) is 4.52 Å². The van der Waals surface area contributed by atoms with Crippen LogP contribution in [-0.2, 0) is 11.3 Å². The first-order chi connectivity index (χ1) is 13.5. The Balaban J connectivity index is 1.44. The van der Waals surface area contributed by atoms with Crippen molar-refractivity contribution in [3.63, 3.8) is 0 Å². The molecule has 1 aliphatic rings. The van der Waals surface area contributed by atoms with Crippen LogP contribution in [0.4, 0.5) is 5.13 Å². The smallest absolute Gasteiger partial charge is 0.275 e. The Labute approximate surface area is 171 Å². The summed E-state index contributed by atoms with van der Waals surface area (Å²) in [5.74, 6) is -0.0942. The van der Waals surface area contributed by atoms with Crippen LogP contribution in [-0.4, -0.2) is 33.6 Å². The van der Waals surface area contributed by atoms with Crippen molar-refractivity contribution in [2.45, 2.75) is 26.3 Å². The summed E-state index contributed by atoms with van der Waals surface area (Å²) in [6.07, 6.45) is 1.73. The number of carbonyl (C=O) groups is 1. The number of amides is 1. The molecular formula is C19H20ClN5O2S. The zero-order valence-corrected chi connectivity index (χ0v) is 17.0. The molecular weight excluding hydrogens is 398 g/mol. The largest absolute Gasteiger partial charge is 0.352 e. The van der Waals surface area contributed by atoms with Crippen LogP contribution in [0.2, 0.25) is 5.02 Å². The molecule has 1 N–H and O–H groups in total. The fourth-order valence-corrected chi connectivity index (χ4v) is 4.58. The molecule has 0 aliphatic carbocycles. The second kappa shape index (κ2) is 7.89. The summed E-state index contributed by atoms with van der Waals surface area (Å²) in [6, 6.07) is 8.94. The number of aryl methyl sites for hydroxylation is 1. The number of halogens is 1. The van der Waals surface area contributed by atoms with Gasteiger partial charge in [-0.3, -0.25) is 9.59 Å². The summed E-state index contributed by atoms with van der Waals surface area (Å²) in [6.45, 7) is 3.64. The number of piperidine rings is 1. The van der Waals surface area contributed by atoms with Crippen LogP contribution in [0.1, 0.15) is 24.1 Å². The van der Waals surface area contributed by atoms with Gasteiger partial charge in [-0.25, -0.2) is 4.98 Å². The van der Waals surface area contributed by atoms with E-state index in [0.29, 0.717) is 28.8 Å². The average molecular weight is 418 g/mol. The van der Waals surface area contributed by atoms with Crippen molar-refractivity contribution in [1.29, 1.82) is 0 Å². The Morgan fingerprint density at radius 3 is 3.07 bits per heavy atom. The minimum Gasteiger partial charge on any atom is -0.352 e. The molecule has 9 heteroatoms. The maximum Gasteiger partial charge on any atom is 0.275 e. The zero-order chi connectivity index (χ0) is 19.7. The SMILES string of the molecule is Cc1cc(=O)n2nc(N3CCC[C@@H](C(=O)NCc4cccc(Cl)c4)C3)sc2n1. The fraction of sp³-hybridized carbons (Fsp3) is 0.368. The fourth-order valence-electron chi connectivity index (χ4n) is 3.38. The third kappa shape index (κ3) is 4.02. The highest BCUT2D eigenvalue weighted by Gasteiger charge is 2.27. The first kappa shape index (κ1) is 18.9. The molecule has 28 heavy (non-hydrogen) atoms. The number of benzene rings is 1. The van der Waals surface area contributed by atoms with Crippen molar-refractivity contribution in [3.05, 3.63) is 57.0 Å². The topological polar surface area (TPSA) is 79.6 Å². The highest BCUT2D eigenvalue weighted by Crippen LogP contribution is 2.27. The van der Waals surface area contributed by atoms with E-state index in [1.807, 2.05) is 24.3 Å². The molecule has 1 aliphatic heterocycles. The van der Waals surface area contributed by atoms with Crippen molar-refractivity contribution < 1.29 is 4.79 Å². The molecule has 146 valence electrons. The number of nitrogens with zero attached hydrogens (tertiary/aromatic N) is 4. The molecule has 3 aromatic rings. The molecule has 2 aromatic heterocycles. The number of hydrogen-bond donors (Lipinski definition) is 1. The summed E-state index contributed by atoms with van der Waals surface area (Å²) in [5.41, 5.74) is 1.47. The number of aromatic nitrogens is 3. The van der Waals surface area contributed by atoms with Gasteiger partial charge in [0.25, 0.3) is 5.56 Å². The first-order valence-corrected chi connectivity index (χ1v) is 10.3. The minimum atomic E-state index is -0.183. The van der Waals surface area contributed by atoms with Gasteiger partial charge in [0.2, 0.25) is 16.0 Å². The highest BCUT2D eigenvalue weighted by atomic mass is 35.5. The van der Waals surface area contributed by atoms with Gasteiger partial charge < -0.3 is 10.2 Å². The molecule has 1 fully saturated rings. The summed E-state index contributed by atoms with van der Waals surface area (Å²) >= 11 is 7.37. The maximum absolute atomic E-state index is 12.6. The molecule has 1 amide bonds. The van der Waals surface area contributed by atoms with Gasteiger partial charge in [-0.05, 0) is 37.5 Å². The number of fused-ring (bicyclic) bond motifs is 1. The Hall–Kier alpha value is -2.45. The first-order valence-electron chi connectivity index (χ1n) is 9.14. The van der Waals surface area contributed by atoms with Gasteiger partial charge in [0.05, 0.1) is 5.92 Å². The van der Waals surface area contributed by atoms with Gasteiger partial charge in [0, 0.05) is 36.4 Å². The summed E-state index contributed by atoms with van der Waals surface area (Å²) in [4.78, 5) is 31.8. The lowest BCUT2D eigenvalue weighted by Gasteiger charge is -2.31. The standard InChI is InChI=1S/C19H20ClN5O2S/c1-12-8-16(26)25-18(22-12)28-19(23-25)24-7-3-5-14(11-24)17(27)21-10-13-4-2-6-15(20)9-13/h2,4,6,8-9,14H,3,5,7,10-11H2,1H3,(H,21,27)/t14-/m1/s1. The molecule has 1 saturated heterocycles. The van der Waals surface area contributed by atoms with E-state index in [2.05, 4.69) is 20.3 Å². The van der Waals surface area contributed by atoms with Crippen LogP contribution in [0, 0.1) is 12.8 Å². The predicted molar refractivity (Wildman–Crippen MR) is 110 cm³/mol. The van der Waals surface area contributed by atoms with E-state index < -0.39 is 0 Å². The van der Waals surface area contributed by atoms with Gasteiger partial charge in [-0.15, -0.1) is 5.10 Å². The van der Waals surface area contributed by atoms with Crippen LogP contribution in [0.3, 0.4) is 0 Å². The zero-order valence-electron chi connectivity index (χ0n) is 15.4. The molecule has 0 bridgehead atoms. The molecule has 7 nitrogen and oxygen atoms in total. The molecule has 1 aromatic carbocycles. The lowest BCUT2D eigenvalue weighted by molar-refractivity contribution is -0.125. The third-order valence-electron chi connectivity index (χ3n) is 4.78. The van der Waals surface area contributed by atoms with Crippen LogP contribution in [0.25, 0.3) is 4.96 Å². The van der Waals surface area contributed by atoms with Crippen molar-refractivity contribution in [2.24, 2.45) is 5.92 Å². The van der Waals surface area contributed by atoms with E-state index in [1.165, 1.54) is 21.9 Å². The Bertz CT molecular complexity index is 1080. The van der Waals surface area contributed by atoms with E-state index in [-0.39, 0.29) is 17.4 Å². The molecule has 3 heterocycles. The van der Waals surface area contributed by atoms with E-state index in [1.54, 1.807) is 6.92 Å². The molecule has 4 rings (SSSR count). The van der Waals surface area contributed by atoms with E-state index in [4.69, 9.17) is 11.6 Å². The number of carbonyl (C=O) groups excluding carboxylic acids is 1. The van der Waals surface area contributed by atoms with Gasteiger partial charge in [0.15, 0.2) is 0 Å². The maximum atomic E-state index is 12.6. The number of anilines is 1. The summed E-state index contributed by atoms with van der Waals surface area (Å²) in [5, 5.41) is 8.80. The lowest BCUT2D eigenvalue weighted by Crippen LogP contribution is -2.43. The number of hydrogen-bond acceptors (Lipinski definition) is 6. The quantitative estimate of drug-likeness (QED) is 0.705. The highest BCUT2D eigenvalue weighted by molar-refractivity contribution is 7.20. The van der Waals surface area contributed by atoms with Crippen LogP contribution in [0.15, 0.2) is 35.1 Å². The van der Waals surface area contributed by atoms with Gasteiger partial charge >= 0.3 is 0 Å². The summed E-state index contributed by atoms with van der Waals surface area (Å²) < 4.78 is 1.33. The van der Waals surface area contributed by atoms with E-state index >= 15 is 0 Å². The lowest BCUT2D eigenvalue weighted by atomic mass is 9.97. The minimum absolute atomic E-state index is 0.0249. The number of nitrogens with one attached hydrogen (secondary N) is 1. The van der Waals surface area contributed by atoms with Crippen molar-refractivity contribution in [2.75, 3.05) is 18.0 Å². The second-order valence-corrected chi connectivity index (χ2v) is 8.32. The van der Waals surface area contributed by atoms with Crippen molar-refractivity contribution >= 4 is 38.9 Å². The number of rotatable bonds is 4. The van der Waals surface area contributed by atoms with Gasteiger partial charge in [-0.1, -0.05) is 35.1 Å². The molecule has 0 radical (unpaired) electrons. The molecule has 0 spiro atoms. The molecule has 1 atom stereocenters. The van der Waals surface area contributed by atoms with Crippen LogP contribution >= 0.6 is 22.9 Å². The average Bonchev–Trinajstić information content (AvgIpc) is 3.11. The molecule has 0 unspecified atom stereocenters. The third-order valence-corrected chi connectivity index (χ3v) is 5.99. The molecule has 0 saturated carbocycles. The summed E-state index contributed by atoms with van der Waals surface area (Å²) in [7, 11) is 0. The van der Waals surface area contributed by atoms with E-state index in [9.17, 15) is 9.59 Å². The van der Waals surface area contributed by atoms with Crippen molar-refractivity contribution in [1.82, 2.24) is 19.9 Å². The Morgan fingerprint density at radius 2 is 2.25 bits per heavy atom.